The van der Waals surface area contributed by atoms with Gasteiger partial charge in [0.15, 0.2) is 0 Å². The molecule has 0 bridgehead atoms. The van der Waals surface area contributed by atoms with Crippen LogP contribution in [0.15, 0.2) is 42.5 Å². The lowest BCUT2D eigenvalue weighted by Crippen LogP contribution is -2.17. The SMILES string of the molecule is CC(N)Cc1ccc(-c2ccc(F)cc2F)cc1. The second kappa shape index (κ2) is 5.27. The first-order valence-electron chi connectivity index (χ1n) is 5.86. The summed E-state index contributed by atoms with van der Waals surface area (Å²) in [6.45, 7) is 1.94. The Balaban J connectivity index is 2.28. The first kappa shape index (κ1) is 12.7. The lowest BCUT2D eigenvalue weighted by atomic mass is 10.0. The summed E-state index contributed by atoms with van der Waals surface area (Å²) >= 11 is 0. The van der Waals surface area contributed by atoms with E-state index in [0.717, 1.165) is 23.6 Å². The third kappa shape index (κ3) is 2.93. The average molecular weight is 247 g/mol. The molecule has 1 unspecified atom stereocenters. The van der Waals surface area contributed by atoms with Crippen molar-refractivity contribution >= 4 is 0 Å². The molecule has 0 saturated heterocycles. The van der Waals surface area contributed by atoms with Crippen LogP contribution in [0.1, 0.15) is 12.5 Å². The Morgan fingerprint density at radius 3 is 2.28 bits per heavy atom. The van der Waals surface area contributed by atoms with Crippen LogP contribution in [-0.2, 0) is 6.42 Å². The standard InChI is InChI=1S/C15H15F2N/c1-10(18)8-11-2-4-12(5-3-11)14-7-6-13(16)9-15(14)17/h2-7,9-10H,8,18H2,1H3. The summed E-state index contributed by atoms with van der Waals surface area (Å²) in [6.07, 6.45) is 0.784. The molecule has 94 valence electrons. The first-order valence-corrected chi connectivity index (χ1v) is 5.86. The van der Waals surface area contributed by atoms with Gasteiger partial charge in [0.25, 0.3) is 0 Å². The molecule has 0 radical (unpaired) electrons. The third-order valence-electron chi connectivity index (χ3n) is 2.75. The van der Waals surface area contributed by atoms with E-state index in [-0.39, 0.29) is 6.04 Å². The lowest BCUT2D eigenvalue weighted by Gasteiger charge is -2.07. The molecule has 0 heterocycles. The second-order valence-corrected chi connectivity index (χ2v) is 4.50. The van der Waals surface area contributed by atoms with Crippen LogP contribution in [-0.4, -0.2) is 6.04 Å². The van der Waals surface area contributed by atoms with Gasteiger partial charge in [-0.15, -0.1) is 0 Å². The highest BCUT2D eigenvalue weighted by atomic mass is 19.1. The van der Waals surface area contributed by atoms with Gasteiger partial charge in [-0.05, 0) is 36.6 Å². The zero-order valence-corrected chi connectivity index (χ0v) is 10.2. The summed E-state index contributed by atoms with van der Waals surface area (Å²) in [7, 11) is 0. The van der Waals surface area contributed by atoms with E-state index in [0.29, 0.717) is 5.56 Å². The van der Waals surface area contributed by atoms with E-state index in [1.165, 1.54) is 12.1 Å². The van der Waals surface area contributed by atoms with Gasteiger partial charge in [0.05, 0.1) is 0 Å². The van der Waals surface area contributed by atoms with Gasteiger partial charge in [0.2, 0.25) is 0 Å². The molecule has 0 aliphatic heterocycles. The normalized spacial score (nSPS) is 12.4. The quantitative estimate of drug-likeness (QED) is 0.882. The third-order valence-corrected chi connectivity index (χ3v) is 2.75. The lowest BCUT2D eigenvalue weighted by molar-refractivity contribution is 0.585. The molecule has 0 aliphatic rings. The second-order valence-electron chi connectivity index (χ2n) is 4.50. The van der Waals surface area contributed by atoms with Gasteiger partial charge in [-0.2, -0.15) is 0 Å². The Morgan fingerprint density at radius 2 is 1.72 bits per heavy atom. The maximum Gasteiger partial charge on any atom is 0.133 e. The van der Waals surface area contributed by atoms with Crippen LogP contribution < -0.4 is 5.73 Å². The van der Waals surface area contributed by atoms with Crippen molar-refractivity contribution in [1.82, 2.24) is 0 Å². The molecule has 2 rings (SSSR count). The van der Waals surface area contributed by atoms with Crippen molar-refractivity contribution < 1.29 is 8.78 Å². The zero-order chi connectivity index (χ0) is 13.1. The molecule has 1 nitrogen and oxygen atoms in total. The Hall–Kier alpha value is -1.74. The summed E-state index contributed by atoms with van der Waals surface area (Å²) in [5.74, 6) is -1.11. The fourth-order valence-corrected chi connectivity index (χ4v) is 1.92. The van der Waals surface area contributed by atoms with Crippen LogP contribution in [0.4, 0.5) is 8.78 Å². The summed E-state index contributed by atoms with van der Waals surface area (Å²) in [4.78, 5) is 0. The summed E-state index contributed by atoms with van der Waals surface area (Å²) in [6, 6.07) is 11.2. The Bertz CT molecular complexity index is 533. The molecular formula is C15H15F2N. The smallest absolute Gasteiger partial charge is 0.133 e. The van der Waals surface area contributed by atoms with Crippen molar-refractivity contribution in [1.29, 1.82) is 0 Å². The summed E-state index contributed by atoms with van der Waals surface area (Å²) in [5.41, 5.74) is 7.96. The predicted octanol–water partition coefficient (Wildman–Crippen LogP) is 3.52. The first-order chi connectivity index (χ1) is 8.56. The Morgan fingerprint density at radius 1 is 1.06 bits per heavy atom. The fraction of sp³-hybridized carbons (Fsp3) is 0.200. The van der Waals surface area contributed by atoms with Gasteiger partial charge >= 0.3 is 0 Å². The van der Waals surface area contributed by atoms with Crippen molar-refractivity contribution in [3.63, 3.8) is 0 Å². The molecule has 0 amide bonds. The van der Waals surface area contributed by atoms with Crippen LogP contribution in [0.2, 0.25) is 0 Å². The molecule has 0 saturated carbocycles. The number of benzene rings is 2. The number of hydrogen-bond acceptors (Lipinski definition) is 1. The number of rotatable bonds is 3. The molecule has 3 heteroatoms. The van der Waals surface area contributed by atoms with Crippen LogP contribution >= 0.6 is 0 Å². The highest BCUT2D eigenvalue weighted by molar-refractivity contribution is 5.64. The molecule has 2 aromatic carbocycles. The fourth-order valence-electron chi connectivity index (χ4n) is 1.92. The van der Waals surface area contributed by atoms with Crippen LogP contribution in [0.5, 0.6) is 0 Å². The van der Waals surface area contributed by atoms with Gasteiger partial charge in [0, 0.05) is 17.7 Å². The van der Waals surface area contributed by atoms with E-state index in [2.05, 4.69) is 0 Å². The topological polar surface area (TPSA) is 26.0 Å². The summed E-state index contributed by atoms with van der Waals surface area (Å²) in [5, 5.41) is 0. The molecule has 2 N–H and O–H groups in total. The van der Waals surface area contributed by atoms with Gasteiger partial charge in [-0.1, -0.05) is 24.3 Å². The van der Waals surface area contributed by atoms with Crippen molar-refractivity contribution in [2.75, 3.05) is 0 Å². The van der Waals surface area contributed by atoms with Crippen molar-refractivity contribution in [2.24, 2.45) is 5.73 Å². The van der Waals surface area contributed by atoms with Gasteiger partial charge in [-0.25, -0.2) is 8.78 Å². The zero-order valence-electron chi connectivity index (χ0n) is 10.2. The summed E-state index contributed by atoms with van der Waals surface area (Å²) < 4.78 is 26.4. The largest absolute Gasteiger partial charge is 0.328 e. The highest BCUT2D eigenvalue weighted by Crippen LogP contribution is 2.23. The van der Waals surface area contributed by atoms with E-state index in [4.69, 9.17) is 5.73 Å². The Kier molecular flexibility index (Phi) is 3.72. The minimum absolute atomic E-state index is 0.0957. The van der Waals surface area contributed by atoms with Crippen molar-refractivity contribution in [2.45, 2.75) is 19.4 Å². The molecule has 0 fully saturated rings. The number of hydrogen-bond donors (Lipinski definition) is 1. The minimum Gasteiger partial charge on any atom is -0.328 e. The van der Waals surface area contributed by atoms with Crippen molar-refractivity contribution in [3.05, 3.63) is 59.7 Å². The van der Waals surface area contributed by atoms with E-state index in [1.807, 2.05) is 31.2 Å². The average Bonchev–Trinajstić information content (AvgIpc) is 2.30. The monoisotopic (exact) mass is 247 g/mol. The molecule has 1 atom stereocenters. The van der Waals surface area contributed by atoms with E-state index in [9.17, 15) is 8.78 Å². The van der Waals surface area contributed by atoms with E-state index >= 15 is 0 Å². The molecule has 18 heavy (non-hydrogen) atoms. The maximum absolute atomic E-state index is 13.6. The van der Waals surface area contributed by atoms with Crippen LogP contribution in [0, 0.1) is 11.6 Å². The maximum atomic E-state index is 13.6. The van der Waals surface area contributed by atoms with Crippen LogP contribution in [0.25, 0.3) is 11.1 Å². The molecule has 2 aromatic rings. The Labute approximate surface area is 105 Å². The molecule has 0 aromatic heterocycles. The van der Waals surface area contributed by atoms with Gasteiger partial charge < -0.3 is 5.73 Å². The van der Waals surface area contributed by atoms with Crippen LogP contribution in [0.3, 0.4) is 0 Å². The van der Waals surface area contributed by atoms with Gasteiger partial charge in [-0.3, -0.25) is 0 Å². The molecule has 0 aliphatic carbocycles. The minimum atomic E-state index is -0.565. The highest BCUT2D eigenvalue weighted by Gasteiger charge is 2.06. The van der Waals surface area contributed by atoms with Gasteiger partial charge in [0.1, 0.15) is 11.6 Å². The predicted molar refractivity (Wildman–Crippen MR) is 69.1 cm³/mol. The molecular weight excluding hydrogens is 232 g/mol. The van der Waals surface area contributed by atoms with E-state index < -0.39 is 11.6 Å². The number of halogens is 2. The number of nitrogens with two attached hydrogens (primary N) is 1. The van der Waals surface area contributed by atoms with E-state index in [1.54, 1.807) is 0 Å². The van der Waals surface area contributed by atoms with Crippen molar-refractivity contribution in [3.8, 4) is 11.1 Å². The molecule has 0 spiro atoms.